The molecule has 0 radical (unpaired) electrons. The van der Waals surface area contributed by atoms with Crippen molar-refractivity contribution in [2.24, 2.45) is 0 Å². The average molecular weight is 411 g/mol. The van der Waals surface area contributed by atoms with Crippen LogP contribution in [-0.2, 0) is 0 Å². The van der Waals surface area contributed by atoms with Gasteiger partial charge in [-0.05, 0) is 47.5 Å². The highest BCUT2D eigenvalue weighted by atomic mass is 15.0. The number of benzene rings is 5. The van der Waals surface area contributed by atoms with Gasteiger partial charge >= 0.3 is 0 Å². The van der Waals surface area contributed by atoms with Gasteiger partial charge in [-0.15, -0.1) is 0 Å². The van der Waals surface area contributed by atoms with E-state index in [1.54, 1.807) is 0 Å². The molecule has 0 saturated carbocycles. The Morgan fingerprint density at radius 2 is 0.969 bits per heavy atom. The zero-order valence-electron chi connectivity index (χ0n) is 17.6. The lowest BCUT2D eigenvalue weighted by atomic mass is 10.0. The van der Waals surface area contributed by atoms with E-state index in [-0.39, 0.29) is 0 Å². The molecular formula is C30H22N2. The van der Waals surface area contributed by atoms with Gasteiger partial charge in [-0.2, -0.15) is 0 Å². The quantitative estimate of drug-likeness (QED) is 0.298. The number of para-hydroxylation sites is 4. The molecule has 0 aliphatic rings. The van der Waals surface area contributed by atoms with Crippen molar-refractivity contribution in [3.63, 3.8) is 0 Å². The number of nitrogens with one attached hydrogen (secondary N) is 1. The third-order valence-electron chi connectivity index (χ3n) is 6.01. The normalized spacial score (nSPS) is 11.1. The Kier molecular flexibility index (Phi) is 4.47. The second-order valence-corrected chi connectivity index (χ2v) is 7.95. The van der Waals surface area contributed by atoms with Crippen molar-refractivity contribution in [3.8, 4) is 16.8 Å². The Bertz CT molecular complexity index is 1600. The Hall–Kier alpha value is -4.30. The van der Waals surface area contributed by atoms with Gasteiger partial charge in [-0.1, -0.05) is 91.0 Å². The Morgan fingerprint density at radius 3 is 1.75 bits per heavy atom. The molecule has 6 aromatic rings. The number of rotatable bonds is 2. The van der Waals surface area contributed by atoms with E-state index >= 15 is 0 Å². The molecule has 5 aromatic carbocycles. The Balaban J connectivity index is 1.73. The van der Waals surface area contributed by atoms with Gasteiger partial charge in [0.1, 0.15) is 0 Å². The first-order valence-electron chi connectivity index (χ1n) is 10.9. The Labute approximate surface area is 186 Å². The molecule has 0 saturated heterocycles. The largest absolute Gasteiger partial charge is 0.353 e. The van der Waals surface area contributed by atoms with Gasteiger partial charge in [-0.3, -0.25) is 0 Å². The molecule has 0 bridgehead atoms. The molecule has 2 nitrogen and oxygen atoms in total. The minimum absolute atomic E-state index is 1.08. The topological polar surface area (TPSA) is 20.7 Å². The molecule has 32 heavy (non-hydrogen) atoms. The third kappa shape index (κ3) is 3.14. The first kappa shape index (κ1) is 18.5. The maximum Gasteiger partial charge on any atom is 0.0696 e. The molecule has 0 aliphatic heterocycles. The number of aromatic nitrogens is 2. The molecule has 0 atom stereocenters. The first-order chi connectivity index (χ1) is 15.9. The van der Waals surface area contributed by atoms with E-state index in [0.29, 0.717) is 0 Å². The van der Waals surface area contributed by atoms with E-state index < -0.39 is 0 Å². The van der Waals surface area contributed by atoms with Crippen LogP contribution in [0.4, 0.5) is 0 Å². The van der Waals surface area contributed by atoms with Crippen LogP contribution in [0.5, 0.6) is 0 Å². The number of nitrogens with zero attached hydrogens (tertiary/aromatic N) is 1. The minimum Gasteiger partial charge on any atom is -0.353 e. The van der Waals surface area contributed by atoms with E-state index in [1.165, 1.54) is 27.4 Å². The highest BCUT2D eigenvalue weighted by molar-refractivity contribution is 6.05. The molecule has 0 fully saturated rings. The number of aromatic amines is 1. The van der Waals surface area contributed by atoms with Crippen LogP contribution in [0.1, 0.15) is 0 Å². The van der Waals surface area contributed by atoms with Crippen LogP contribution in [0.3, 0.4) is 0 Å². The summed E-state index contributed by atoms with van der Waals surface area (Å²) in [7, 11) is 0. The molecule has 1 N–H and O–H groups in total. The van der Waals surface area contributed by atoms with Crippen molar-refractivity contribution < 1.29 is 0 Å². The molecule has 2 heteroatoms. The van der Waals surface area contributed by atoms with Gasteiger partial charge < -0.3 is 9.55 Å². The smallest absolute Gasteiger partial charge is 0.0696 e. The fourth-order valence-corrected chi connectivity index (χ4v) is 4.48. The van der Waals surface area contributed by atoms with Crippen molar-refractivity contribution in [2.75, 3.05) is 0 Å². The second-order valence-electron chi connectivity index (χ2n) is 7.95. The summed E-state index contributed by atoms with van der Waals surface area (Å²) in [5.74, 6) is 0. The lowest BCUT2D eigenvalue weighted by Crippen LogP contribution is -1.99. The van der Waals surface area contributed by atoms with Crippen molar-refractivity contribution in [2.45, 2.75) is 0 Å². The predicted molar refractivity (Wildman–Crippen MR) is 136 cm³/mol. The number of H-pyrrole nitrogens is 1. The summed E-state index contributed by atoms with van der Waals surface area (Å²) in [6.45, 7) is 0. The van der Waals surface area contributed by atoms with Crippen molar-refractivity contribution in [1.29, 1.82) is 0 Å². The van der Waals surface area contributed by atoms with Crippen molar-refractivity contribution in [1.82, 2.24) is 9.55 Å². The summed E-state index contributed by atoms with van der Waals surface area (Å²) in [6.07, 6.45) is 0. The maximum atomic E-state index is 3.68. The zero-order valence-corrected chi connectivity index (χ0v) is 17.6. The molecule has 1 aromatic heterocycles. The van der Waals surface area contributed by atoms with Crippen LogP contribution in [0.2, 0.25) is 0 Å². The van der Waals surface area contributed by atoms with Gasteiger partial charge in [-0.25, -0.2) is 0 Å². The summed E-state index contributed by atoms with van der Waals surface area (Å²) in [5.41, 5.74) is 8.07. The van der Waals surface area contributed by atoms with Crippen LogP contribution in [-0.4, -0.2) is 9.55 Å². The molecule has 1 heterocycles. The van der Waals surface area contributed by atoms with E-state index in [2.05, 4.69) is 137 Å². The zero-order chi connectivity index (χ0) is 21.3. The molecule has 0 amide bonds. The van der Waals surface area contributed by atoms with E-state index in [9.17, 15) is 0 Å². The minimum atomic E-state index is 1.08. The highest BCUT2D eigenvalue weighted by Crippen LogP contribution is 2.29. The Morgan fingerprint density at radius 1 is 0.406 bits per heavy atom. The van der Waals surface area contributed by atoms with Crippen LogP contribution in [0.15, 0.2) is 127 Å². The van der Waals surface area contributed by atoms with Crippen LogP contribution >= 0.6 is 0 Å². The number of hydrogen-bond acceptors (Lipinski definition) is 0. The van der Waals surface area contributed by atoms with Crippen LogP contribution in [0, 0.1) is 0 Å². The van der Waals surface area contributed by atoms with Gasteiger partial charge in [0.15, 0.2) is 0 Å². The molecule has 0 aliphatic carbocycles. The van der Waals surface area contributed by atoms with Crippen molar-refractivity contribution >= 4 is 32.8 Å². The lowest BCUT2D eigenvalue weighted by molar-refractivity contribution is 1.16. The van der Waals surface area contributed by atoms with E-state index in [4.69, 9.17) is 0 Å². The molecular weight excluding hydrogens is 388 g/mol. The summed E-state index contributed by atoms with van der Waals surface area (Å²) in [4.78, 5) is 3.68. The molecule has 152 valence electrons. The standard InChI is InChI=1S/C30H22N2/c1-2-10-22(11-3-1)23-18-20-24(21-19-23)32-29-16-8-5-13-26(29)25-12-4-6-14-27(25)31-28-15-7-9-17-30(28)32/h1-21,31H. The first-order valence-corrected chi connectivity index (χ1v) is 10.9. The van der Waals surface area contributed by atoms with Gasteiger partial charge in [0.2, 0.25) is 0 Å². The van der Waals surface area contributed by atoms with Gasteiger partial charge in [0.25, 0.3) is 0 Å². The third-order valence-corrected chi connectivity index (χ3v) is 6.01. The van der Waals surface area contributed by atoms with Gasteiger partial charge in [0, 0.05) is 22.0 Å². The fourth-order valence-electron chi connectivity index (χ4n) is 4.48. The number of hydrogen-bond donors (Lipinski definition) is 1. The second kappa shape index (κ2) is 7.75. The van der Waals surface area contributed by atoms with Crippen LogP contribution in [0.25, 0.3) is 49.7 Å². The SMILES string of the molecule is c1ccc(-c2ccc(-n3c4ccccc4[nH]c4ccccc4c4ccccc43)cc2)cc1. The summed E-state index contributed by atoms with van der Waals surface area (Å²) < 4.78 is 2.35. The molecule has 0 spiro atoms. The summed E-state index contributed by atoms with van der Waals surface area (Å²) >= 11 is 0. The van der Waals surface area contributed by atoms with E-state index in [0.717, 1.165) is 22.2 Å². The lowest BCUT2D eigenvalue weighted by Gasteiger charge is -2.16. The number of fused-ring (bicyclic) bond motifs is 4. The van der Waals surface area contributed by atoms with Crippen molar-refractivity contribution in [3.05, 3.63) is 127 Å². The highest BCUT2D eigenvalue weighted by Gasteiger charge is 2.08. The van der Waals surface area contributed by atoms with Gasteiger partial charge in [0.05, 0.1) is 16.6 Å². The average Bonchev–Trinajstić information content (AvgIpc) is 2.86. The maximum absolute atomic E-state index is 3.68. The van der Waals surface area contributed by atoms with E-state index in [1.807, 2.05) is 0 Å². The fraction of sp³-hybridized carbons (Fsp3) is 0. The monoisotopic (exact) mass is 410 g/mol. The van der Waals surface area contributed by atoms with Crippen LogP contribution < -0.4 is 0 Å². The molecule has 6 rings (SSSR count). The molecule has 0 unspecified atom stereocenters. The summed E-state index contributed by atoms with van der Waals surface area (Å²) in [5, 5.41) is 2.40. The predicted octanol–water partition coefficient (Wildman–Crippen LogP) is 8.06. The summed E-state index contributed by atoms with van der Waals surface area (Å²) in [6, 6.07) is 45.0.